The summed E-state index contributed by atoms with van der Waals surface area (Å²) < 4.78 is 17.2. The zero-order valence-corrected chi connectivity index (χ0v) is 20.5. The van der Waals surface area contributed by atoms with E-state index >= 15 is 0 Å². The first-order chi connectivity index (χ1) is 16.5. The van der Waals surface area contributed by atoms with E-state index in [0.29, 0.717) is 51.6 Å². The number of carbonyl (C=O) groups excluding carboxylic acids is 1. The highest BCUT2D eigenvalue weighted by Gasteiger charge is 2.11. The first-order valence-electron chi connectivity index (χ1n) is 10.9. The van der Waals surface area contributed by atoms with Crippen LogP contribution in [0.3, 0.4) is 0 Å². The summed E-state index contributed by atoms with van der Waals surface area (Å²) in [6.45, 7) is 5.20. The molecule has 0 saturated carbocycles. The molecule has 0 atom stereocenters. The summed E-state index contributed by atoms with van der Waals surface area (Å²) in [6, 6.07) is 17.6. The van der Waals surface area contributed by atoms with E-state index in [2.05, 4.69) is 10.5 Å². The number of amides is 1. The van der Waals surface area contributed by atoms with Crippen LogP contribution >= 0.6 is 23.2 Å². The van der Waals surface area contributed by atoms with Crippen LogP contribution in [0, 0.1) is 0 Å². The van der Waals surface area contributed by atoms with E-state index < -0.39 is 0 Å². The average Bonchev–Trinajstić information content (AvgIpc) is 2.83. The molecule has 8 heteroatoms. The van der Waals surface area contributed by atoms with Gasteiger partial charge in [0.05, 0.1) is 19.4 Å². The quantitative estimate of drug-likeness (QED) is 0.240. The lowest BCUT2D eigenvalue weighted by atomic mass is 10.2. The number of benzene rings is 3. The molecule has 6 nitrogen and oxygen atoms in total. The zero-order valence-electron chi connectivity index (χ0n) is 19.0. The molecule has 0 aromatic heterocycles. The fraction of sp³-hybridized carbons (Fsp3) is 0.231. The predicted octanol–water partition coefficient (Wildman–Crippen LogP) is 6.52. The molecule has 3 rings (SSSR count). The fourth-order valence-corrected chi connectivity index (χ4v) is 3.45. The molecule has 3 aromatic rings. The third-order valence-corrected chi connectivity index (χ3v) is 5.24. The van der Waals surface area contributed by atoms with E-state index in [-0.39, 0.29) is 12.5 Å². The van der Waals surface area contributed by atoms with Crippen LogP contribution in [0.5, 0.6) is 17.2 Å². The standard InChI is InChI=1S/C26H26Cl2N2O4/c1-3-13-33-24-12-10-18(14-25(24)32-4-2)26(31)30-29-16-19-7-5-6-8-23(19)34-17-20-9-11-21(27)15-22(20)28/h5-12,14-16H,3-4,13,17H2,1-2H3,(H,30,31)/b29-16+. The van der Waals surface area contributed by atoms with Crippen LogP contribution < -0.4 is 19.6 Å². The molecule has 0 aliphatic rings. The number of nitrogens with zero attached hydrogens (tertiary/aromatic N) is 1. The minimum Gasteiger partial charge on any atom is -0.490 e. The van der Waals surface area contributed by atoms with Crippen LogP contribution in [-0.4, -0.2) is 25.3 Å². The number of hydrazone groups is 1. The molecule has 1 N–H and O–H groups in total. The molecule has 0 fully saturated rings. The number of halogens is 2. The topological polar surface area (TPSA) is 69.2 Å². The van der Waals surface area contributed by atoms with Gasteiger partial charge in [-0.1, -0.05) is 48.3 Å². The molecule has 0 spiro atoms. The highest BCUT2D eigenvalue weighted by molar-refractivity contribution is 6.35. The van der Waals surface area contributed by atoms with Gasteiger partial charge in [-0.25, -0.2) is 5.43 Å². The predicted molar refractivity (Wildman–Crippen MR) is 136 cm³/mol. The van der Waals surface area contributed by atoms with Gasteiger partial charge in [0.1, 0.15) is 12.4 Å². The Labute approximate surface area is 209 Å². The molecule has 34 heavy (non-hydrogen) atoms. The third kappa shape index (κ3) is 7.14. The van der Waals surface area contributed by atoms with Crippen molar-refractivity contribution >= 4 is 35.3 Å². The van der Waals surface area contributed by atoms with Gasteiger partial charge in [-0.05, 0) is 55.8 Å². The van der Waals surface area contributed by atoms with Crippen molar-refractivity contribution in [3.05, 3.63) is 87.4 Å². The van der Waals surface area contributed by atoms with Crippen LogP contribution in [0.25, 0.3) is 0 Å². The van der Waals surface area contributed by atoms with Gasteiger partial charge in [0.25, 0.3) is 5.91 Å². The van der Waals surface area contributed by atoms with Gasteiger partial charge in [-0.15, -0.1) is 0 Å². The SMILES string of the molecule is CCCOc1ccc(C(=O)N/N=C/c2ccccc2OCc2ccc(Cl)cc2Cl)cc1OCC. The van der Waals surface area contributed by atoms with Crippen LogP contribution in [0.15, 0.2) is 65.8 Å². The Hall–Kier alpha value is -3.22. The van der Waals surface area contributed by atoms with Gasteiger partial charge < -0.3 is 14.2 Å². The number of hydrogen-bond donors (Lipinski definition) is 1. The molecule has 0 unspecified atom stereocenters. The Balaban J connectivity index is 1.66. The first kappa shape index (κ1) is 25.4. The summed E-state index contributed by atoms with van der Waals surface area (Å²) in [5.74, 6) is 1.36. The summed E-state index contributed by atoms with van der Waals surface area (Å²) in [5.41, 5.74) is 4.46. The second-order valence-electron chi connectivity index (χ2n) is 7.20. The van der Waals surface area contributed by atoms with Crippen LogP contribution in [-0.2, 0) is 6.61 Å². The van der Waals surface area contributed by atoms with Gasteiger partial charge in [0.2, 0.25) is 0 Å². The maximum absolute atomic E-state index is 12.6. The van der Waals surface area contributed by atoms with E-state index in [1.165, 1.54) is 6.21 Å². The van der Waals surface area contributed by atoms with Gasteiger partial charge >= 0.3 is 0 Å². The number of ether oxygens (including phenoxy) is 3. The molecule has 0 radical (unpaired) electrons. The monoisotopic (exact) mass is 500 g/mol. The van der Waals surface area contributed by atoms with Crippen LogP contribution in [0.1, 0.15) is 41.8 Å². The normalized spacial score (nSPS) is 10.8. The minimum absolute atomic E-state index is 0.264. The maximum Gasteiger partial charge on any atom is 0.271 e. The summed E-state index contributed by atoms with van der Waals surface area (Å²) in [6.07, 6.45) is 2.40. The molecular weight excluding hydrogens is 475 g/mol. The third-order valence-electron chi connectivity index (χ3n) is 4.65. The van der Waals surface area contributed by atoms with E-state index in [1.54, 1.807) is 30.3 Å². The Kier molecular flexibility index (Phi) is 9.62. The number of rotatable bonds is 11. The summed E-state index contributed by atoms with van der Waals surface area (Å²) in [4.78, 5) is 12.6. The Morgan fingerprint density at radius 1 is 0.941 bits per heavy atom. The van der Waals surface area contributed by atoms with E-state index in [0.717, 1.165) is 12.0 Å². The zero-order chi connectivity index (χ0) is 24.3. The Bertz CT molecular complexity index is 1150. The summed E-state index contributed by atoms with van der Waals surface area (Å²) in [5, 5.41) is 5.18. The largest absolute Gasteiger partial charge is 0.490 e. The van der Waals surface area contributed by atoms with Crippen molar-refractivity contribution < 1.29 is 19.0 Å². The number of hydrogen-bond acceptors (Lipinski definition) is 5. The second-order valence-corrected chi connectivity index (χ2v) is 8.05. The van der Waals surface area contributed by atoms with Gasteiger partial charge in [0.15, 0.2) is 11.5 Å². The lowest BCUT2D eigenvalue weighted by molar-refractivity contribution is 0.0954. The number of para-hydroxylation sites is 1. The highest BCUT2D eigenvalue weighted by Crippen LogP contribution is 2.29. The van der Waals surface area contributed by atoms with Gasteiger partial charge in [-0.3, -0.25) is 4.79 Å². The smallest absolute Gasteiger partial charge is 0.271 e. The fourth-order valence-electron chi connectivity index (χ4n) is 2.99. The minimum atomic E-state index is -0.370. The van der Waals surface area contributed by atoms with Crippen molar-refractivity contribution in [1.29, 1.82) is 0 Å². The second kappa shape index (κ2) is 12.9. The molecule has 3 aromatic carbocycles. The van der Waals surface area contributed by atoms with Crippen LogP contribution in [0.4, 0.5) is 0 Å². The first-order valence-corrected chi connectivity index (χ1v) is 11.7. The molecule has 178 valence electrons. The van der Waals surface area contributed by atoms with Crippen molar-refractivity contribution in [3.63, 3.8) is 0 Å². The van der Waals surface area contributed by atoms with Crippen molar-refractivity contribution in [2.45, 2.75) is 26.9 Å². The van der Waals surface area contributed by atoms with Gasteiger partial charge in [0, 0.05) is 26.7 Å². The number of nitrogens with one attached hydrogen (secondary N) is 1. The molecular formula is C26H26Cl2N2O4. The van der Waals surface area contributed by atoms with Crippen molar-refractivity contribution in [2.75, 3.05) is 13.2 Å². The molecule has 0 aliphatic carbocycles. The molecule has 0 bridgehead atoms. The van der Waals surface area contributed by atoms with Gasteiger partial charge in [-0.2, -0.15) is 5.10 Å². The lowest BCUT2D eigenvalue weighted by Crippen LogP contribution is -2.18. The highest BCUT2D eigenvalue weighted by atomic mass is 35.5. The molecule has 0 heterocycles. The molecule has 0 aliphatic heterocycles. The molecule has 1 amide bonds. The van der Waals surface area contributed by atoms with E-state index in [1.807, 2.05) is 44.2 Å². The Morgan fingerprint density at radius 3 is 2.53 bits per heavy atom. The van der Waals surface area contributed by atoms with Crippen molar-refractivity contribution in [3.8, 4) is 17.2 Å². The average molecular weight is 501 g/mol. The van der Waals surface area contributed by atoms with Crippen LogP contribution in [0.2, 0.25) is 10.0 Å². The molecule has 0 saturated heterocycles. The lowest BCUT2D eigenvalue weighted by Gasteiger charge is -2.12. The summed E-state index contributed by atoms with van der Waals surface area (Å²) in [7, 11) is 0. The Morgan fingerprint density at radius 2 is 1.76 bits per heavy atom. The van der Waals surface area contributed by atoms with Crippen molar-refractivity contribution in [1.82, 2.24) is 5.43 Å². The maximum atomic E-state index is 12.6. The summed E-state index contributed by atoms with van der Waals surface area (Å²) >= 11 is 12.2. The van der Waals surface area contributed by atoms with E-state index in [4.69, 9.17) is 37.4 Å². The number of carbonyl (C=O) groups is 1. The van der Waals surface area contributed by atoms with E-state index in [9.17, 15) is 4.79 Å². The van der Waals surface area contributed by atoms with Crippen molar-refractivity contribution in [2.24, 2.45) is 5.10 Å².